The van der Waals surface area contributed by atoms with E-state index in [-0.39, 0.29) is 5.78 Å². The number of benzene rings is 6. The highest BCUT2D eigenvalue weighted by Gasteiger charge is 2.20. The SMILES string of the molecule is COc1ccccc1-c1cc(C(=O)c2ccc(-c3ccc(CN(C)C)cc3)c(-c3ccccc3OC)c2)ccc1-c1ccc(CN(C)C)cc1. The van der Waals surface area contributed by atoms with Crippen LogP contribution in [0.1, 0.15) is 27.0 Å². The fourth-order valence-electron chi connectivity index (χ4n) is 6.53. The second-order valence-electron chi connectivity index (χ2n) is 13.1. The smallest absolute Gasteiger partial charge is 0.193 e. The second kappa shape index (κ2) is 15.4. The molecule has 50 heavy (non-hydrogen) atoms. The summed E-state index contributed by atoms with van der Waals surface area (Å²) in [5, 5.41) is 0. The Morgan fingerprint density at radius 3 is 1.20 bits per heavy atom. The first kappa shape index (κ1) is 34.4. The minimum Gasteiger partial charge on any atom is -0.496 e. The first-order chi connectivity index (χ1) is 24.2. The summed E-state index contributed by atoms with van der Waals surface area (Å²) >= 11 is 0. The quantitative estimate of drug-likeness (QED) is 0.122. The second-order valence-corrected chi connectivity index (χ2v) is 13.1. The summed E-state index contributed by atoms with van der Waals surface area (Å²) in [5.74, 6) is 1.45. The molecule has 6 aromatic rings. The lowest BCUT2D eigenvalue weighted by molar-refractivity contribution is 0.103. The Balaban J connectivity index is 1.46. The third kappa shape index (κ3) is 7.55. The van der Waals surface area contributed by atoms with E-state index in [9.17, 15) is 4.79 Å². The number of ketones is 1. The van der Waals surface area contributed by atoms with E-state index in [1.54, 1.807) is 14.2 Å². The van der Waals surface area contributed by atoms with Crippen LogP contribution in [0.4, 0.5) is 0 Å². The summed E-state index contributed by atoms with van der Waals surface area (Å²) in [5.41, 5.74) is 11.6. The Labute approximate surface area is 296 Å². The molecule has 0 saturated carbocycles. The van der Waals surface area contributed by atoms with E-state index in [4.69, 9.17) is 9.47 Å². The Morgan fingerprint density at radius 1 is 0.460 bits per heavy atom. The van der Waals surface area contributed by atoms with Gasteiger partial charge in [0, 0.05) is 35.3 Å². The molecule has 0 saturated heterocycles. The summed E-state index contributed by atoms with van der Waals surface area (Å²) in [6.07, 6.45) is 0. The largest absolute Gasteiger partial charge is 0.496 e. The van der Waals surface area contributed by atoms with Gasteiger partial charge in [0.15, 0.2) is 5.78 Å². The standard InChI is InChI=1S/C45H44N2O3/c1-46(2)29-31-15-19-33(20-16-31)37-25-23-35(27-41(37)39-11-7-9-13-43(39)49-5)45(48)36-24-26-38(34-21-17-32(18-22-34)30-47(3)4)42(28-36)40-12-8-10-14-44(40)50-6/h7-28H,29-30H2,1-6H3. The summed E-state index contributed by atoms with van der Waals surface area (Å²) < 4.78 is 11.6. The van der Waals surface area contributed by atoms with Crippen LogP contribution in [-0.4, -0.2) is 58.0 Å². The van der Waals surface area contributed by atoms with Crippen molar-refractivity contribution < 1.29 is 14.3 Å². The van der Waals surface area contributed by atoms with Crippen molar-refractivity contribution in [3.63, 3.8) is 0 Å². The molecular formula is C45H44N2O3. The zero-order valence-corrected chi connectivity index (χ0v) is 29.7. The minimum absolute atomic E-state index is 0.0574. The fourth-order valence-corrected chi connectivity index (χ4v) is 6.53. The van der Waals surface area contributed by atoms with Gasteiger partial charge in [0.1, 0.15) is 11.5 Å². The van der Waals surface area contributed by atoms with Crippen molar-refractivity contribution in [2.45, 2.75) is 13.1 Å². The van der Waals surface area contributed by atoms with Crippen LogP contribution < -0.4 is 9.47 Å². The zero-order chi connectivity index (χ0) is 35.2. The number of hydrogen-bond donors (Lipinski definition) is 0. The molecule has 0 spiro atoms. The lowest BCUT2D eigenvalue weighted by atomic mass is 9.88. The number of carbonyl (C=O) groups is 1. The van der Waals surface area contributed by atoms with Crippen molar-refractivity contribution in [3.05, 3.63) is 156 Å². The number of methoxy groups -OCH3 is 2. The van der Waals surface area contributed by atoms with Crippen LogP contribution >= 0.6 is 0 Å². The predicted octanol–water partition coefficient (Wildman–Crippen LogP) is 9.73. The van der Waals surface area contributed by atoms with E-state index in [1.807, 2.05) is 72.8 Å². The van der Waals surface area contributed by atoms with Gasteiger partial charge in [-0.25, -0.2) is 0 Å². The molecule has 0 atom stereocenters. The Kier molecular flexibility index (Phi) is 10.6. The molecule has 252 valence electrons. The van der Waals surface area contributed by atoms with Crippen LogP contribution in [0.15, 0.2) is 133 Å². The molecule has 0 fully saturated rings. The summed E-state index contributed by atoms with van der Waals surface area (Å²) in [6.45, 7) is 1.73. The van der Waals surface area contributed by atoms with Crippen molar-refractivity contribution in [1.29, 1.82) is 0 Å². The maximum atomic E-state index is 14.4. The third-order valence-electron chi connectivity index (χ3n) is 8.89. The Bertz CT molecular complexity index is 1950. The van der Waals surface area contributed by atoms with E-state index >= 15 is 0 Å². The van der Waals surface area contributed by atoms with E-state index < -0.39 is 0 Å². The molecule has 0 radical (unpaired) electrons. The highest BCUT2D eigenvalue weighted by molar-refractivity contribution is 6.11. The lowest BCUT2D eigenvalue weighted by Crippen LogP contribution is -2.10. The molecule has 0 bridgehead atoms. The summed E-state index contributed by atoms with van der Waals surface area (Å²) in [4.78, 5) is 18.8. The topological polar surface area (TPSA) is 42.0 Å². The molecule has 0 heterocycles. The van der Waals surface area contributed by atoms with E-state index in [1.165, 1.54) is 11.1 Å². The molecular weight excluding hydrogens is 617 g/mol. The number of ether oxygens (including phenoxy) is 2. The summed E-state index contributed by atoms with van der Waals surface area (Å²) in [6, 6.07) is 45.2. The van der Waals surface area contributed by atoms with Crippen LogP contribution in [-0.2, 0) is 13.1 Å². The maximum absolute atomic E-state index is 14.4. The monoisotopic (exact) mass is 660 g/mol. The van der Waals surface area contributed by atoms with Crippen LogP contribution in [0.2, 0.25) is 0 Å². The van der Waals surface area contributed by atoms with Crippen LogP contribution in [0.5, 0.6) is 11.5 Å². The van der Waals surface area contributed by atoms with E-state index in [0.717, 1.165) is 69.1 Å². The van der Waals surface area contributed by atoms with Gasteiger partial charge >= 0.3 is 0 Å². The predicted molar refractivity (Wildman–Crippen MR) is 206 cm³/mol. The molecule has 0 aliphatic carbocycles. The molecule has 6 rings (SSSR count). The first-order valence-corrected chi connectivity index (χ1v) is 16.8. The molecule has 0 N–H and O–H groups in total. The zero-order valence-electron chi connectivity index (χ0n) is 29.7. The average Bonchev–Trinajstić information content (AvgIpc) is 3.14. The number of carbonyl (C=O) groups excluding carboxylic acids is 1. The highest BCUT2D eigenvalue weighted by atomic mass is 16.5. The molecule has 5 heteroatoms. The molecule has 0 aliphatic rings. The van der Waals surface area contributed by atoms with Crippen LogP contribution in [0.25, 0.3) is 44.5 Å². The van der Waals surface area contributed by atoms with Crippen LogP contribution in [0, 0.1) is 0 Å². The lowest BCUT2D eigenvalue weighted by Gasteiger charge is -2.17. The van der Waals surface area contributed by atoms with E-state index in [0.29, 0.717) is 11.1 Å². The van der Waals surface area contributed by atoms with Gasteiger partial charge in [0.2, 0.25) is 0 Å². The number of para-hydroxylation sites is 2. The van der Waals surface area contributed by atoms with Gasteiger partial charge in [-0.3, -0.25) is 4.79 Å². The Hall–Kier alpha value is -5.49. The van der Waals surface area contributed by atoms with Gasteiger partial charge < -0.3 is 19.3 Å². The molecule has 0 aromatic heterocycles. The molecule has 0 amide bonds. The highest BCUT2D eigenvalue weighted by Crippen LogP contribution is 2.40. The van der Waals surface area contributed by atoms with Crippen molar-refractivity contribution in [2.24, 2.45) is 0 Å². The third-order valence-corrected chi connectivity index (χ3v) is 8.89. The van der Waals surface area contributed by atoms with Gasteiger partial charge in [-0.1, -0.05) is 109 Å². The number of nitrogens with zero attached hydrogens (tertiary/aromatic N) is 2. The molecule has 0 aliphatic heterocycles. The van der Waals surface area contributed by atoms with Gasteiger partial charge in [-0.15, -0.1) is 0 Å². The normalized spacial score (nSPS) is 11.2. The molecule has 0 unspecified atom stereocenters. The van der Waals surface area contributed by atoms with Crippen molar-refractivity contribution in [1.82, 2.24) is 9.80 Å². The number of rotatable bonds is 12. The molecule has 5 nitrogen and oxygen atoms in total. The number of hydrogen-bond acceptors (Lipinski definition) is 5. The van der Waals surface area contributed by atoms with Gasteiger partial charge in [-0.05, 0) is 97.0 Å². The summed E-state index contributed by atoms with van der Waals surface area (Å²) in [7, 11) is 11.6. The minimum atomic E-state index is -0.0574. The van der Waals surface area contributed by atoms with Crippen molar-refractivity contribution in [2.75, 3.05) is 42.4 Å². The first-order valence-electron chi connectivity index (χ1n) is 16.8. The van der Waals surface area contributed by atoms with Gasteiger partial charge in [0.05, 0.1) is 14.2 Å². The van der Waals surface area contributed by atoms with Gasteiger partial charge in [-0.2, -0.15) is 0 Å². The van der Waals surface area contributed by atoms with E-state index in [2.05, 4.69) is 98.7 Å². The average molecular weight is 661 g/mol. The van der Waals surface area contributed by atoms with Crippen molar-refractivity contribution in [3.8, 4) is 56.0 Å². The maximum Gasteiger partial charge on any atom is 0.193 e. The molecule has 6 aromatic carbocycles. The fraction of sp³-hybridized carbons (Fsp3) is 0.178. The Morgan fingerprint density at radius 2 is 0.840 bits per heavy atom. The van der Waals surface area contributed by atoms with Gasteiger partial charge in [0.25, 0.3) is 0 Å². The van der Waals surface area contributed by atoms with Crippen LogP contribution in [0.3, 0.4) is 0 Å². The van der Waals surface area contributed by atoms with Crippen molar-refractivity contribution >= 4 is 5.78 Å².